The zero-order valence-electron chi connectivity index (χ0n) is 13.2. The summed E-state index contributed by atoms with van der Waals surface area (Å²) < 4.78 is 14.2. The molecular weight excluding hydrogens is 305 g/mol. The van der Waals surface area contributed by atoms with Gasteiger partial charge in [-0.2, -0.15) is 0 Å². The molecule has 0 atom stereocenters. The van der Waals surface area contributed by atoms with Crippen molar-refractivity contribution < 1.29 is 9.50 Å². The van der Waals surface area contributed by atoms with E-state index < -0.39 is 5.82 Å². The molecule has 5 heteroatoms. The Bertz CT molecular complexity index is 891. The fourth-order valence-electron chi connectivity index (χ4n) is 3.19. The minimum atomic E-state index is -0.614. The van der Waals surface area contributed by atoms with Gasteiger partial charge in [-0.3, -0.25) is 4.98 Å². The molecule has 0 radical (unpaired) electrons. The highest BCUT2D eigenvalue weighted by Gasteiger charge is 2.14. The van der Waals surface area contributed by atoms with Crippen LogP contribution < -0.4 is 4.90 Å². The summed E-state index contributed by atoms with van der Waals surface area (Å²) in [6.45, 7) is 2.00. The van der Waals surface area contributed by atoms with E-state index in [0.29, 0.717) is 11.1 Å². The lowest BCUT2D eigenvalue weighted by Crippen LogP contribution is -2.30. The number of benzene rings is 2. The van der Waals surface area contributed by atoms with E-state index in [1.807, 2.05) is 18.3 Å². The number of hydrogen-bond donors (Lipinski definition) is 1. The van der Waals surface area contributed by atoms with Crippen LogP contribution in [-0.4, -0.2) is 28.2 Å². The van der Waals surface area contributed by atoms with E-state index in [1.54, 1.807) is 18.2 Å². The highest BCUT2D eigenvalue weighted by molar-refractivity contribution is 5.82. The van der Waals surface area contributed by atoms with Crippen molar-refractivity contribution in [2.75, 3.05) is 18.0 Å². The van der Waals surface area contributed by atoms with Crippen molar-refractivity contribution in [3.05, 3.63) is 48.4 Å². The summed E-state index contributed by atoms with van der Waals surface area (Å²) in [7, 11) is 0. The summed E-state index contributed by atoms with van der Waals surface area (Å²) in [6.07, 6.45) is 5.42. The Morgan fingerprint density at radius 1 is 1.00 bits per heavy atom. The third-order valence-electron chi connectivity index (χ3n) is 4.50. The zero-order chi connectivity index (χ0) is 16.5. The minimum Gasteiger partial charge on any atom is -0.505 e. The Morgan fingerprint density at radius 3 is 2.67 bits per heavy atom. The number of phenols is 1. The first kappa shape index (κ1) is 14.9. The second-order valence-electron chi connectivity index (χ2n) is 6.12. The Balaban J connectivity index is 1.77. The molecule has 0 amide bonds. The lowest BCUT2D eigenvalue weighted by atomic mass is 10.0. The monoisotopic (exact) mass is 323 g/mol. The highest BCUT2D eigenvalue weighted by atomic mass is 19.1. The number of phenolic OH excluding ortho intramolecular Hbond substituents is 1. The third-order valence-corrected chi connectivity index (χ3v) is 4.50. The Morgan fingerprint density at radius 2 is 1.83 bits per heavy atom. The van der Waals surface area contributed by atoms with Crippen molar-refractivity contribution in [1.29, 1.82) is 0 Å². The van der Waals surface area contributed by atoms with Gasteiger partial charge >= 0.3 is 0 Å². The van der Waals surface area contributed by atoms with Crippen molar-refractivity contribution in [2.45, 2.75) is 19.3 Å². The van der Waals surface area contributed by atoms with Gasteiger partial charge in [0.15, 0.2) is 11.6 Å². The molecule has 24 heavy (non-hydrogen) atoms. The average molecular weight is 323 g/mol. The van der Waals surface area contributed by atoms with Crippen LogP contribution in [0.25, 0.3) is 22.2 Å². The highest BCUT2D eigenvalue weighted by Crippen LogP contribution is 2.30. The van der Waals surface area contributed by atoms with Crippen LogP contribution in [0.5, 0.6) is 5.75 Å². The largest absolute Gasteiger partial charge is 0.505 e. The molecule has 0 spiro atoms. The average Bonchev–Trinajstić information content (AvgIpc) is 2.64. The van der Waals surface area contributed by atoms with Crippen LogP contribution in [-0.2, 0) is 0 Å². The molecule has 122 valence electrons. The van der Waals surface area contributed by atoms with E-state index in [9.17, 15) is 9.50 Å². The van der Waals surface area contributed by atoms with Gasteiger partial charge in [0.25, 0.3) is 0 Å². The first-order valence-corrected chi connectivity index (χ1v) is 8.22. The topological polar surface area (TPSA) is 49.3 Å². The van der Waals surface area contributed by atoms with Crippen LogP contribution in [0.15, 0.2) is 42.6 Å². The van der Waals surface area contributed by atoms with E-state index in [4.69, 9.17) is 4.98 Å². The van der Waals surface area contributed by atoms with Gasteiger partial charge in [-0.25, -0.2) is 9.37 Å². The molecule has 0 bridgehead atoms. The number of piperidine rings is 1. The van der Waals surface area contributed by atoms with Crippen molar-refractivity contribution in [2.24, 2.45) is 0 Å². The minimum absolute atomic E-state index is 0.347. The Kier molecular flexibility index (Phi) is 3.76. The van der Waals surface area contributed by atoms with Gasteiger partial charge < -0.3 is 10.0 Å². The first-order chi connectivity index (χ1) is 11.7. The predicted molar refractivity (Wildman–Crippen MR) is 92.7 cm³/mol. The van der Waals surface area contributed by atoms with E-state index in [2.05, 4.69) is 9.88 Å². The molecule has 1 fully saturated rings. The standard InChI is InChI=1S/C19H18FN3O/c20-19-14(5-4-6-17(19)24)13-7-8-15-16(11-13)22-18(12-21-15)23-9-2-1-3-10-23/h4-8,11-12,24H,1-3,9-10H2. The molecule has 3 aromatic rings. The number of nitrogens with zero attached hydrogens (tertiary/aromatic N) is 3. The second kappa shape index (κ2) is 6.07. The van der Waals surface area contributed by atoms with Gasteiger partial charge in [0.2, 0.25) is 0 Å². The number of rotatable bonds is 2. The van der Waals surface area contributed by atoms with Gasteiger partial charge in [0.05, 0.1) is 17.2 Å². The lowest BCUT2D eigenvalue weighted by molar-refractivity contribution is 0.433. The summed E-state index contributed by atoms with van der Waals surface area (Å²) in [5.41, 5.74) is 2.56. The normalized spacial score (nSPS) is 15.0. The number of aromatic nitrogens is 2. The summed E-state index contributed by atoms with van der Waals surface area (Å²) >= 11 is 0. The molecule has 2 heterocycles. The van der Waals surface area contributed by atoms with Crippen LogP contribution in [0.4, 0.5) is 10.2 Å². The smallest absolute Gasteiger partial charge is 0.172 e. The molecule has 1 aliphatic heterocycles. The molecule has 1 aromatic heterocycles. The molecule has 4 nitrogen and oxygen atoms in total. The molecule has 0 saturated carbocycles. The predicted octanol–water partition coefficient (Wildman–Crippen LogP) is 4.13. The second-order valence-corrected chi connectivity index (χ2v) is 6.12. The lowest BCUT2D eigenvalue weighted by Gasteiger charge is -2.27. The number of hydrogen-bond acceptors (Lipinski definition) is 4. The molecule has 4 rings (SSSR count). The number of fused-ring (bicyclic) bond motifs is 1. The van der Waals surface area contributed by atoms with Crippen LogP contribution in [0.1, 0.15) is 19.3 Å². The van der Waals surface area contributed by atoms with Crippen molar-refractivity contribution in [1.82, 2.24) is 9.97 Å². The quantitative estimate of drug-likeness (QED) is 0.770. The zero-order valence-corrected chi connectivity index (χ0v) is 13.2. The maximum atomic E-state index is 14.2. The van der Waals surface area contributed by atoms with Crippen LogP contribution in [0.2, 0.25) is 0 Å². The SMILES string of the molecule is Oc1cccc(-c2ccc3ncc(N4CCCCC4)nc3c2)c1F. The Labute approximate surface area is 139 Å². The van der Waals surface area contributed by atoms with E-state index >= 15 is 0 Å². The molecular formula is C19H18FN3O. The first-order valence-electron chi connectivity index (χ1n) is 8.22. The number of anilines is 1. The fraction of sp³-hybridized carbons (Fsp3) is 0.263. The van der Waals surface area contributed by atoms with E-state index in [-0.39, 0.29) is 5.75 Å². The number of aromatic hydroxyl groups is 1. The van der Waals surface area contributed by atoms with E-state index in [0.717, 1.165) is 29.9 Å². The van der Waals surface area contributed by atoms with Gasteiger partial charge in [-0.05, 0) is 43.0 Å². The van der Waals surface area contributed by atoms with Gasteiger partial charge in [0.1, 0.15) is 5.82 Å². The van der Waals surface area contributed by atoms with Crippen LogP contribution in [0.3, 0.4) is 0 Å². The fourth-order valence-corrected chi connectivity index (χ4v) is 3.19. The summed E-state index contributed by atoms with van der Waals surface area (Å²) in [4.78, 5) is 11.4. The summed E-state index contributed by atoms with van der Waals surface area (Å²) in [6, 6.07) is 10.1. The molecule has 1 N–H and O–H groups in total. The molecule has 1 aliphatic rings. The third kappa shape index (κ3) is 2.66. The van der Waals surface area contributed by atoms with Crippen LogP contribution >= 0.6 is 0 Å². The van der Waals surface area contributed by atoms with Gasteiger partial charge in [0, 0.05) is 18.7 Å². The molecule has 2 aromatic carbocycles. The van der Waals surface area contributed by atoms with Gasteiger partial charge in [-0.1, -0.05) is 18.2 Å². The van der Waals surface area contributed by atoms with Crippen molar-refractivity contribution in [3.8, 4) is 16.9 Å². The number of halogens is 1. The van der Waals surface area contributed by atoms with E-state index in [1.165, 1.54) is 25.3 Å². The molecule has 0 unspecified atom stereocenters. The molecule has 1 saturated heterocycles. The van der Waals surface area contributed by atoms with Crippen molar-refractivity contribution in [3.63, 3.8) is 0 Å². The Hall–Kier alpha value is -2.69. The maximum Gasteiger partial charge on any atom is 0.172 e. The van der Waals surface area contributed by atoms with Crippen molar-refractivity contribution >= 4 is 16.9 Å². The summed E-state index contributed by atoms with van der Waals surface area (Å²) in [5, 5.41) is 9.58. The van der Waals surface area contributed by atoms with Gasteiger partial charge in [-0.15, -0.1) is 0 Å². The maximum absolute atomic E-state index is 14.2. The summed E-state index contributed by atoms with van der Waals surface area (Å²) in [5.74, 6) is -0.0894. The molecule has 0 aliphatic carbocycles. The van der Waals surface area contributed by atoms with Crippen LogP contribution in [0, 0.1) is 5.82 Å².